The highest BCUT2D eigenvalue weighted by Gasteiger charge is 2.57. The molecule has 36 heteroatoms. The van der Waals surface area contributed by atoms with Crippen LogP contribution in [0, 0.1) is 0 Å². The molecule has 6 rings (SSSR count). The maximum Gasteiger partial charge on any atom is 0.251 e. The zero-order valence-electron chi connectivity index (χ0n) is 56.3. The molecule has 5 amide bonds. The van der Waals surface area contributed by atoms with Crippen LogP contribution in [0.1, 0.15) is 104 Å². The lowest BCUT2D eigenvalue weighted by Gasteiger charge is -2.51. The van der Waals surface area contributed by atoms with Crippen molar-refractivity contribution in [1.82, 2.24) is 26.6 Å². The van der Waals surface area contributed by atoms with Gasteiger partial charge in [0.1, 0.15) is 134 Å². The number of hydrogen-bond acceptors (Lipinski definition) is 31. The molecule has 0 aromatic heterocycles. The fourth-order valence-electron chi connectivity index (χ4n) is 12.0. The smallest absolute Gasteiger partial charge is 0.251 e. The van der Waals surface area contributed by atoms with Crippen LogP contribution >= 0.6 is 0 Å². The van der Waals surface area contributed by atoms with Crippen molar-refractivity contribution in [2.24, 2.45) is 0 Å². The van der Waals surface area contributed by atoms with Gasteiger partial charge in [-0.25, -0.2) is 0 Å². The molecule has 0 spiro atoms. The Morgan fingerprint density at radius 3 is 1.51 bits per heavy atom. The van der Waals surface area contributed by atoms with Gasteiger partial charge in [0, 0.05) is 33.3 Å². The standard InChI is InChI=1S/C63H103N5O31/c1-8-9-10-11-12-13-14-15-16-20-88-35-19-17-18-34(21-35)57(86)68-42-48(80)47(79)37(23-70)93-60(42)97-55-39(25-72)95-62(44(50(55)82)66-32(6)76)99-56-40(26-73)96-61(45(51(56)83)67-33(7)77)98-54-38(24-71)94-59(43(49(54)81)65-31(5)75)92-36(22-69)41(91-58(87)28(2)64-30(4)74)27-89-63-53(85)52(84)46(78)29(3)90-63/h13-14,17-19,21,28-29,36-56,58-63,69-73,78-85,87H,8-12,15-16,20,22-27H2,1-7H3,(H,64,74)(H,65,75)(H,66,76)(H,67,77)(H,68,86)/b14-13-/t28?,29?,36-,37?,38?,39?,40?,41?,42?,43?,44?,45?,46+,47+,48?,49?,50?,51?,52?,53?,54+,55+,56+,58+,59+,60-,61-,62-,63+/m0/s1. The minimum atomic E-state index is -2.07. The topological polar surface area (TPSA) is 539 Å². The molecule has 19 N–H and O–H groups in total. The number of rotatable bonds is 36. The minimum absolute atomic E-state index is 0.0457. The number of ether oxygens (including phenoxy) is 12. The van der Waals surface area contributed by atoms with E-state index in [1.807, 2.05) is 0 Å². The third kappa shape index (κ3) is 22.8. The molecule has 5 aliphatic rings. The number of hydrogen-bond donors (Lipinski definition) is 19. The Hall–Kier alpha value is -4.89. The number of carbonyl (C=O) groups is 5. The molecule has 99 heavy (non-hydrogen) atoms. The first-order valence-electron chi connectivity index (χ1n) is 33.2. The normalized spacial score (nSPS) is 36.2. The van der Waals surface area contributed by atoms with Gasteiger partial charge in [-0.15, -0.1) is 0 Å². The summed E-state index contributed by atoms with van der Waals surface area (Å²) in [5.41, 5.74) is 0.0457. The van der Waals surface area contributed by atoms with Gasteiger partial charge in [0.25, 0.3) is 5.91 Å². The Morgan fingerprint density at radius 1 is 0.535 bits per heavy atom. The summed E-state index contributed by atoms with van der Waals surface area (Å²) in [5, 5.41) is 168. The zero-order valence-corrected chi connectivity index (χ0v) is 56.3. The van der Waals surface area contributed by atoms with Crippen LogP contribution in [0.25, 0.3) is 0 Å². The van der Waals surface area contributed by atoms with E-state index in [1.165, 1.54) is 38.8 Å². The van der Waals surface area contributed by atoms with Crippen LogP contribution in [-0.2, 0) is 71.3 Å². The van der Waals surface area contributed by atoms with Crippen molar-refractivity contribution < 1.29 is 152 Å². The predicted molar refractivity (Wildman–Crippen MR) is 335 cm³/mol. The van der Waals surface area contributed by atoms with E-state index in [-0.39, 0.29) is 5.56 Å². The van der Waals surface area contributed by atoms with E-state index in [4.69, 9.17) is 56.8 Å². The molecule has 5 aliphatic heterocycles. The second kappa shape index (κ2) is 40.2. The van der Waals surface area contributed by atoms with E-state index in [0.717, 1.165) is 53.4 Å². The number of benzene rings is 1. The fourth-order valence-corrected chi connectivity index (χ4v) is 12.0. The number of allylic oxidation sites excluding steroid dienone is 2. The Bertz CT molecular complexity index is 2680. The SMILES string of the molecule is CCCCCC/C=C\CCCOc1cccc(C(=O)NC2C(O)[C@H](O)C(CO)O[C@H]2O[C@@H]2C(CO)O[C@@H](O[C@@H]3C(CO)O[C@@H](O[C@@H]4C(CO)O[C@@H](O[C@@H](CO)C(CO[C@@H]5OC(C)[C@@H](O)C(O)C5O)O[C@@H](O)C(C)NC(C)=O)C(NC(C)=O)C4O)C(NC(C)=O)C3O)C(NC(C)=O)C2O)c1. The van der Waals surface area contributed by atoms with Crippen molar-refractivity contribution in [2.45, 2.75) is 271 Å². The Kier molecular flexibility index (Phi) is 33.8. The number of unbranched alkanes of at least 4 members (excludes halogenated alkanes) is 5. The van der Waals surface area contributed by atoms with Gasteiger partial charge in [-0.2, -0.15) is 0 Å². The van der Waals surface area contributed by atoms with Crippen molar-refractivity contribution in [1.29, 1.82) is 0 Å². The van der Waals surface area contributed by atoms with E-state index in [0.29, 0.717) is 18.8 Å². The van der Waals surface area contributed by atoms with E-state index >= 15 is 0 Å². The van der Waals surface area contributed by atoms with Gasteiger partial charge in [-0.05, 0) is 57.7 Å². The third-order valence-corrected chi connectivity index (χ3v) is 17.3. The van der Waals surface area contributed by atoms with Crippen molar-refractivity contribution in [3.8, 4) is 5.75 Å². The summed E-state index contributed by atoms with van der Waals surface area (Å²) in [5.74, 6) is -3.54. The fraction of sp³-hybridized carbons (Fsp3) is 0.794. The van der Waals surface area contributed by atoms with Crippen LogP contribution in [0.3, 0.4) is 0 Å². The molecule has 566 valence electrons. The number of amides is 5. The van der Waals surface area contributed by atoms with Crippen molar-refractivity contribution >= 4 is 29.5 Å². The average Bonchev–Trinajstić information content (AvgIpc) is 0.779. The molecular weight excluding hydrogens is 1320 g/mol. The summed E-state index contributed by atoms with van der Waals surface area (Å²) in [7, 11) is 0. The largest absolute Gasteiger partial charge is 0.494 e. The van der Waals surface area contributed by atoms with Crippen molar-refractivity contribution in [2.75, 3.05) is 46.2 Å². The highest BCUT2D eigenvalue weighted by molar-refractivity contribution is 5.94. The lowest BCUT2D eigenvalue weighted by Crippen LogP contribution is -2.72. The first-order valence-corrected chi connectivity index (χ1v) is 33.2. The molecule has 0 bridgehead atoms. The molecule has 5 fully saturated rings. The van der Waals surface area contributed by atoms with Gasteiger partial charge in [-0.3, -0.25) is 24.0 Å². The van der Waals surface area contributed by atoms with Gasteiger partial charge in [0.2, 0.25) is 23.6 Å². The molecular formula is C63H103N5O31. The summed E-state index contributed by atoms with van der Waals surface area (Å²) < 4.78 is 71.9. The highest BCUT2D eigenvalue weighted by Crippen LogP contribution is 2.36. The van der Waals surface area contributed by atoms with Crippen molar-refractivity contribution in [3.05, 3.63) is 42.0 Å². The number of carbonyl (C=O) groups excluding carboxylic acids is 5. The van der Waals surface area contributed by atoms with Gasteiger partial charge in [0.05, 0.1) is 58.4 Å². The quantitative estimate of drug-likeness (QED) is 0.0169. The Balaban J connectivity index is 1.19. The summed E-state index contributed by atoms with van der Waals surface area (Å²) in [6.45, 7) is 3.71. The zero-order chi connectivity index (χ0) is 72.9. The van der Waals surface area contributed by atoms with Crippen LogP contribution in [0.2, 0.25) is 0 Å². The van der Waals surface area contributed by atoms with E-state index < -0.39 is 247 Å². The number of aliphatic hydroxyl groups excluding tert-OH is 14. The summed E-state index contributed by atoms with van der Waals surface area (Å²) in [6, 6.07) is -2.00. The van der Waals surface area contributed by atoms with Gasteiger partial charge >= 0.3 is 0 Å². The summed E-state index contributed by atoms with van der Waals surface area (Å²) in [4.78, 5) is 64.6. The lowest BCUT2D eigenvalue weighted by atomic mass is 9.93. The highest BCUT2D eigenvalue weighted by atomic mass is 16.8. The van der Waals surface area contributed by atoms with Gasteiger partial charge in [0.15, 0.2) is 37.7 Å². The molecule has 29 atom stereocenters. The predicted octanol–water partition coefficient (Wildman–Crippen LogP) is -6.74. The van der Waals surface area contributed by atoms with Crippen LogP contribution in [-0.4, -0.2) is 325 Å². The van der Waals surface area contributed by atoms with Crippen LogP contribution in [0.4, 0.5) is 0 Å². The van der Waals surface area contributed by atoms with Crippen LogP contribution in [0.5, 0.6) is 5.75 Å². The van der Waals surface area contributed by atoms with E-state index in [1.54, 1.807) is 12.1 Å². The monoisotopic (exact) mass is 1430 g/mol. The van der Waals surface area contributed by atoms with E-state index in [2.05, 4.69) is 45.7 Å². The summed E-state index contributed by atoms with van der Waals surface area (Å²) in [6.07, 6.45) is -31.5. The third-order valence-electron chi connectivity index (χ3n) is 17.3. The first kappa shape index (κ1) is 83.1. The molecule has 0 radical (unpaired) electrons. The number of nitrogens with one attached hydrogen (secondary N) is 5. The second-order valence-electron chi connectivity index (χ2n) is 25.1. The molecule has 1 aromatic rings. The van der Waals surface area contributed by atoms with Crippen LogP contribution in [0.15, 0.2) is 36.4 Å². The molecule has 17 unspecified atom stereocenters. The molecule has 5 saturated heterocycles. The first-order chi connectivity index (χ1) is 47.1. The Labute approximate surface area is 572 Å². The second-order valence-corrected chi connectivity index (χ2v) is 25.1. The van der Waals surface area contributed by atoms with Gasteiger partial charge in [-0.1, -0.05) is 44.4 Å². The van der Waals surface area contributed by atoms with E-state index in [9.17, 15) is 95.5 Å². The molecule has 1 aromatic carbocycles. The van der Waals surface area contributed by atoms with Crippen molar-refractivity contribution in [3.63, 3.8) is 0 Å². The maximum absolute atomic E-state index is 13.9. The maximum atomic E-state index is 13.9. The lowest BCUT2D eigenvalue weighted by molar-refractivity contribution is -0.365. The summed E-state index contributed by atoms with van der Waals surface area (Å²) >= 11 is 0. The van der Waals surface area contributed by atoms with Gasteiger partial charge < -0.3 is 155 Å². The Morgan fingerprint density at radius 2 is 1.02 bits per heavy atom. The molecule has 0 saturated carbocycles. The average molecular weight is 1430 g/mol. The molecule has 36 nitrogen and oxygen atoms in total. The number of aliphatic hydroxyl groups is 14. The minimum Gasteiger partial charge on any atom is -0.494 e. The molecule has 5 heterocycles. The molecule has 0 aliphatic carbocycles. The van der Waals surface area contributed by atoms with Crippen LogP contribution < -0.4 is 31.3 Å².